The van der Waals surface area contributed by atoms with Crippen molar-refractivity contribution in [1.82, 2.24) is 5.32 Å². The number of allylic oxidation sites excluding steroid dienone is 5. The minimum atomic E-state index is -4.36. The zero-order valence-corrected chi connectivity index (χ0v) is 51.0. The van der Waals surface area contributed by atoms with Crippen molar-refractivity contribution in [1.29, 1.82) is 0 Å². The first-order valence-electron chi connectivity index (χ1n) is 32.4. The van der Waals surface area contributed by atoms with Gasteiger partial charge in [0, 0.05) is 6.42 Å². The fraction of sp³-hybridized carbons (Fsp3) is 0.892. The molecule has 8 nitrogen and oxygen atoms in total. The molecule has 3 atom stereocenters. The summed E-state index contributed by atoms with van der Waals surface area (Å²) in [6, 6.07) is -0.864. The van der Waals surface area contributed by atoms with Crippen molar-refractivity contribution >= 4 is 13.7 Å². The highest BCUT2D eigenvalue weighted by molar-refractivity contribution is 7.47. The van der Waals surface area contributed by atoms with Gasteiger partial charge in [0.1, 0.15) is 13.2 Å². The number of quaternary nitrogens is 1. The Hall–Kier alpha value is -1.28. The molecule has 0 saturated carbocycles. The Morgan fingerprint density at radius 1 is 0.446 bits per heavy atom. The summed E-state index contributed by atoms with van der Waals surface area (Å²) >= 11 is 0. The van der Waals surface area contributed by atoms with Crippen LogP contribution in [-0.2, 0) is 18.4 Å². The molecule has 0 aromatic heterocycles. The van der Waals surface area contributed by atoms with Gasteiger partial charge in [0.2, 0.25) is 5.91 Å². The standard InChI is InChI=1S/C65H127N2O6P/c1-6-8-10-12-14-16-18-20-22-24-26-28-30-31-32-33-34-35-37-38-40-42-44-46-48-50-52-54-56-58-64(68)63(62-73-74(70,71)72-61-60-67(3,4)5)66-65(69)59-57-55-53-51-49-47-45-43-41-39-36-29-27-25-23-21-19-17-15-13-11-9-7-2/h25,27,48,50,56,58,63-64,68H,6-24,26,28-47,49,51-55,57,59-62H2,1-5H3,(H-,66,69,70,71)/p+1/b27-25-,50-48+,58-56+. The van der Waals surface area contributed by atoms with Crippen LogP contribution in [0.15, 0.2) is 36.5 Å². The van der Waals surface area contributed by atoms with Crippen LogP contribution in [0, 0.1) is 0 Å². The van der Waals surface area contributed by atoms with Gasteiger partial charge >= 0.3 is 7.82 Å². The van der Waals surface area contributed by atoms with Crippen molar-refractivity contribution in [3.63, 3.8) is 0 Å². The molecule has 74 heavy (non-hydrogen) atoms. The Morgan fingerprint density at radius 3 is 1.08 bits per heavy atom. The van der Waals surface area contributed by atoms with Crippen molar-refractivity contribution in [2.75, 3.05) is 40.9 Å². The quantitative estimate of drug-likeness (QED) is 0.0243. The van der Waals surface area contributed by atoms with E-state index in [0.29, 0.717) is 17.4 Å². The molecule has 0 aliphatic carbocycles. The van der Waals surface area contributed by atoms with Gasteiger partial charge in [-0.3, -0.25) is 13.8 Å². The lowest BCUT2D eigenvalue weighted by atomic mass is 10.0. The molecule has 0 fully saturated rings. The smallest absolute Gasteiger partial charge is 0.387 e. The van der Waals surface area contributed by atoms with Gasteiger partial charge in [-0.25, -0.2) is 4.57 Å². The molecule has 0 bridgehead atoms. The lowest BCUT2D eigenvalue weighted by Gasteiger charge is -2.25. The monoisotopic (exact) mass is 1060 g/mol. The highest BCUT2D eigenvalue weighted by Crippen LogP contribution is 2.43. The third-order valence-corrected chi connectivity index (χ3v) is 15.8. The Labute approximate surface area is 461 Å². The van der Waals surface area contributed by atoms with Crippen LogP contribution in [0.2, 0.25) is 0 Å². The fourth-order valence-electron chi connectivity index (χ4n) is 9.76. The lowest BCUT2D eigenvalue weighted by molar-refractivity contribution is -0.870. The van der Waals surface area contributed by atoms with Crippen LogP contribution in [0.5, 0.6) is 0 Å². The van der Waals surface area contributed by atoms with E-state index in [1.54, 1.807) is 6.08 Å². The maximum absolute atomic E-state index is 13.0. The Kier molecular flexibility index (Phi) is 55.5. The summed E-state index contributed by atoms with van der Waals surface area (Å²) in [5.41, 5.74) is 0. The topological polar surface area (TPSA) is 105 Å². The number of likely N-dealkylation sites (N-methyl/N-ethyl adjacent to an activating group) is 1. The lowest BCUT2D eigenvalue weighted by Crippen LogP contribution is -2.45. The van der Waals surface area contributed by atoms with Crippen molar-refractivity contribution in [3.05, 3.63) is 36.5 Å². The van der Waals surface area contributed by atoms with Gasteiger partial charge in [-0.05, 0) is 57.8 Å². The van der Waals surface area contributed by atoms with Crippen LogP contribution >= 0.6 is 7.82 Å². The first kappa shape index (κ1) is 72.7. The number of hydrogen-bond donors (Lipinski definition) is 3. The Bertz CT molecular complexity index is 1300. The maximum Gasteiger partial charge on any atom is 0.472 e. The zero-order valence-electron chi connectivity index (χ0n) is 50.1. The first-order chi connectivity index (χ1) is 36.0. The number of nitrogens with zero attached hydrogens (tertiary/aromatic N) is 1. The van der Waals surface area contributed by atoms with E-state index in [-0.39, 0.29) is 19.1 Å². The average molecular weight is 1060 g/mol. The second-order valence-electron chi connectivity index (χ2n) is 23.5. The second-order valence-corrected chi connectivity index (χ2v) is 24.9. The van der Waals surface area contributed by atoms with Crippen molar-refractivity contribution in [2.45, 2.75) is 334 Å². The van der Waals surface area contributed by atoms with Gasteiger partial charge in [-0.15, -0.1) is 0 Å². The highest BCUT2D eigenvalue weighted by atomic mass is 31.2. The van der Waals surface area contributed by atoms with E-state index in [1.165, 1.54) is 263 Å². The van der Waals surface area contributed by atoms with E-state index in [9.17, 15) is 19.4 Å². The predicted octanol–water partition coefficient (Wildman–Crippen LogP) is 20.1. The van der Waals surface area contributed by atoms with Gasteiger partial charge in [0.15, 0.2) is 0 Å². The van der Waals surface area contributed by atoms with E-state index in [4.69, 9.17) is 9.05 Å². The van der Waals surface area contributed by atoms with Crippen molar-refractivity contribution in [2.24, 2.45) is 0 Å². The number of phosphoric acid groups is 1. The number of rotatable bonds is 60. The summed E-state index contributed by atoms with van der Waals surface area (Å²) < 4.78 is 23.8. The molecule has 0 aromatic carbocycles. The van der Waals surface area contributed by atoms with Gasteiger partial charge in [0.25, 0.3) is 0 Å². The zero-order chi connectivity index (χ0) is 54.2. The minimum Gasteiger partial charge on any atom is -0.387 e. The van der Waals surface area contributed by atoms with E-state index in [2.05, 4.69) is 43.5 Å². The van der Waals surface area contributed by atoms with E-state index in [1.807, 2.05) is 27.2 Å². The summed E-state index contributed by atoms with van der Waals surface area (Å²) in [7, 11) is 1.57. The SMILES string of the molecule is CCCCCCCCCC/C=C\CCCCCCCCCCCCCC(=O)NC(COP(=O)(O)OCC[N+](C)(C)C)C(O)/C=C/CC/C=C/CCCCCCCCCCCCCCCCCCCCCCCCC. The van der Waals surface area contributed by atoms with E-state index < -0.39 is 20.0 Å². The molecule has 0 aliphatic heterocycles. The van der Waals surface area contributed by atoms with Gasteiger partial charge in [-0.2, -0.15) is 0 Å². The molecular formula is C65H128N2O6P+. The number of amides is 1. The summed E-state index contributed by atoms with van der Waals surface area (Å²) in [6.45, 7) is 4.84. The van der Waals surface area contributed by atoms with Crippen LogP contribution in [0.1, 0.15) is 322 Å². The third kappa shape index (κ3) is 58.4. The highest BCUT2D eigenvalue weighted by Gasteiger charge is 2.27. The number of phosphoric ester groups is 1. The van der Waals surface area contributed by atoms with Crippen LogP contribution in [0.3, 0.4) is 0 Å². The number of aliphatic hydroxyl groups excluding tert-OH is 1. The molecule has 0 heterocycles. The van der Waals surface area contributed by atoms with Crippen molar-refractivity contribution < 1.29 is 32.9 Å². The maximum atomic E-state index is 13.0. The van der Waals surface area contributed by atoms with Crippen LogP contribution in [-0.4, -0.2) is 73.4 Å². The normalized spacial score (nSPS) is 14.0. The van der Waals surface area contributed by atoms with E-state index in [0.717, 1.165) is 38.5 Å². The van der Waals surface area contributed by atoms with E-state index >= 15 is 0 Å². The van der Waals surface area contributed by atoms with Crippen LogP contribution in [0.25, 0.3) is 0 Å². The van der Waals surface area contributed by atoms with Gasteiger partial charge < -0.3 is 19.8 Å². The molecule has 0 aliphatic rings. The predicted molar refractivity (Wildman–Crippen MR) is 323 cm³/mol. The van der Waals surface area contributed by atoms with Crippen LogP contribution < -0.4 is 5.32 Å². The molecular weight excluding hydrogens is 936 g/mol. The molecule has 438 valence electrons. The van der Waals surface area contributed by atoms with Crippen molar-refractivity contribution in [3.8, 4) is 0 Å². The van der Waals surface area contributed by atoms with Gasteiger partial charge in [0.05, 0.1) is 39.9 Å². The number of nitrogens with one attached hydrogen (secondary N) is 1. The van der Waals surface area contributed by atoms with Crippen LogP contribution in [0.4, 0.5) is 0 Å². The number of aliphatic hydroxyl groups is 1. The first-order valence-corrected chi connectivity index (χ1v) is 33.9. The molecule has 0 radical (unpaired) electrons. The minimum absolute atomic E-state index is 0.0570. The molecule has 3 N–H and O–H groups in total. The molecule has 1 amide bonds. The third-order valence-electron chi connectivity index (χ3n) is 14.8. The molecule has 0 saturated heterocycles. The molecule has 3 unspecified atom stereocenters. The summed E-state index contributed by atoms with van der Waals surface area (Å²) in [5.74, 6) is -0.183. The summed E-state index contributed by atoms with van der Waals surface area (Å²) in [6.07, 6.45) is 74.2. The number of carbonyl (C=O) groups excluding carboxylic acids is 1. The largest absolute Gasteiger partial charge is 0.472 e. The molecule has 0 aromatic rings. The summed E-state index contributed by atoms with van der Waals surface area (Å²) in [4.78, 5) is 23.4. The number of hydrogen-bond acceptors (Lipinski definition) is 5. The molecule has 0 rings (SSSR count). The average Bonchev–Trinajstić information content (AvgIpc) is 3.36. The number of unbranched alkanes of at least 4 members (excludes halogenated alkanes) is 43. The Balaban J connectivity index is 4.15. The molecule has 0 spiro atoms. The second kappa shape index (κ2) is 56.4. The number of carbonyl (C=O) groups is 1. The summed E-state index contributed by atoms with van der Waals surface area (Å²) in [5, 5.41) is 14.0. The van der Waals surface area contributed by atoms with Gasteiger partial charge in [-0.1, -0.05) is 294 Å². The molecule has 9 heteroatoms. The fourth-order valence-corrected chi connectivity index (χ4v) is 10.5. The Morgan fingerprint density at radius 2 is 0.743 bits per heavy atom.